The van der Waals surface area contributed by atoms with Gasteiger partial charge in [-0.25, -0.2) is 19.4 Å². The van der Waals surface area contributed by atoms with Crippen molar-refractivity contribution in [3.05, 3.63) is 76.2 Å². The number of benzene rings is 1. The Morgan fingerprint density at radius 3 is 2.44 bits per heavy atom. The van der Waals surface area contributed by atoms with Crippen molar-refractivity contribution in [2.24, 2.45) is 7.05 Å². The minimum Gasteiger partial charge on any atom is -0.465 e. The van der Waals surface area contributed by atoms with Gasteiger partial charge in [-0.05, 0) is 30.3 Å². The molecule has 0 fully saturated rings. The molecular weight excluding hydrogens is 524 g/mol. The van der Waals surface area contributed by atoms with Gasteiger partial charge in [0.2, 0.25) is 0 Å². The lowest BCUT2D eigenvalue weighted by atomic mass is 10.2. The fraction of sp³-hybridized carbons (Fsp3) is 0.136. The SMILES string of the molecule is COC(=O)c1ccc(NC(=O)c2ncc(-c3cn(-c4ccc(Cl)nc4)nc3C(F)(F)F)n2C)cc1Cl. The van der Waals surface area contributed by atoms with E-state index < -0.39 is 23.7 Å². The molecule has 3 heterocycles. The van der Waals surface area contributed by atoms with Crippen LogP contribution in [0.25, 0.3) is 16.9 Å². The van der Waals surface area contributed by atoms with E-state index in [1.165, 1.54) is 55.3 Å². The Labute approximate surface area is 211 Å². The number of aromatic nitrogens is 5. The number of amides is 1. The second kappa shape index (κ2) is 9.63. The zero-order chi connectivity index (χ0) is 26.2. The molecule has 0 spiro atoms. The van der Waals surface area contributed by atoms with Crippen LogP contribution in [0.1, 0.15) is 26.7 Å². The molecule has 0 aliphatic carbocycles. The first-order valence-corrected chi connectivity index (χ1v) is 10.7. The van der Waals surface area contributed by atoms with E-state index in [9.17, 15) is 22.8 Å². The average Bonchev–Trinajstić information content (AvgIpc) is 3.43. The van der Waals surface area contributed by atoms with Crippen LogP contribution < -0.4 is 5.32 Å². The van der Waals surface area contributed by atoms with Crippen LogP contribution >= 0.6 is 23.2 Å². The summed E-state index contributed by atoms with van der Waals surface area (Å²) in [5.74, 6) is -1.54. The monoisotopic (exact) mass is 538 g/mol. The number of imidazole rings is 1. The maximum absolute atomic E-state index is 13.8. The molecule has 0 saturated carbocycles. The molecule has 4 aromatic rings. The number of carbonyl (C=O) groups excluding carboxylic acids is 2. The number of anilines is 1. The van der Waals surface area contributed by atoms with Crippen molar-refractivity contribution in [3.8, 4) is 16.9 Å². The van der Waals surface area contributed by atoms with Gasteiger partial charge in [-0.15, -0.1) is 0 Å². The number of methoxy groups -OCH3 is 1. The molecule has 3 aromatic heterocycles. The van der Waals surface area contributed by atoms with Crippen LogP contribution in [0.4, 0.5) is 18.9 Å². The third-order valence-corrected chi connectivity index (χ3v) is 5.59. The molecule has 9 nitrogen and oxygen atoms in total. The lowest BCUT2D eigenvalue weighted by Crippen LogP contribution is -2.17. The lowest BCUT2D eigenvalue weighted by Gasteiger charge is -2.09. The summed E-state index contributed by atoms with van der Waals surface area (Å²) < 4.78 is 48.2. The highest BCUT2D eigenvalue weighted by Gasteiger charge is 2.39. The highest BCUT2D eigenvalue weighted by Crippen LogP contribution is 2.37. The van der Waals surface area contributed by atoms with Gasteiger partial charge in [-0.2, -0.15) is 18.3 Å². The summed E-state index contributed by atoms with van der Waals surface area (Å²) in [6.45, 7) is 0. The van der Waals surface area contributed by atoms with E-state index in [-0.39, 0.29) is 44.2 Å². The summed E-state index contributed by atoms with van der Waals surface area (Å²) in [6.07, 6.45) is -1.21. The largest absolute Gasteiger partial charge is 0.465 e. The van der Waals surface area contributed by atoms with E-state index in [0.717, 1.165) is 17.1 Å². The summed E-state index contributed by atoms with van der Waals surface area (Å²) in [7, 11) is 2.60. The molecule has 14 heteroatoms. The van der Waals surface area contributed by atoms with Crippen molar-refractivity contribution < 1.29 is 27.5 Å². The van der Waals surface area contributed by atoms with Gasteiger partial charge in [0, 0.05) is 18.9 Å². The normalized spacial score (nSPS) is 11.4. The second-order valence-corrected chi connectivity index (χ2v) is 8.13. The average molecular weight is 539 g/mol. The van der Waals surface area contributed by atoms with Crippen LogP contribution in [-0.2, 0) is 18.0 Å². The Bertz CT molecular complexity index is 1460. The van der Waals surface area contributed by atoms with Crippen molar-refractivity contribution >= 4 is 40.8 Å². The van der Waals surface area contributed by atoms with Gasteiger partial charge in [0.05, 0.1) is 47.0 Å². The molecule has 0 bridgehead atoms. The number of hydrogen-bond acceptors (Lipinski definition) is 6. The first-order chi connectivity index (χ1) is 17.0. The number of hydrogen-bond donors (Lipinski definition) is 1. The van der Waals surface area contributed by atoms with E-state index in [0.29, 0.717) is 0 Å². The van der Waals surface area contributed by atoms with Crippen LogP contribution in [0.15, 0.2) is 48.9 Å². The van der Waals surface area contributed by atoms with E-state index in [1.807, 2.05) is 0 Å². The molecule has 0 saturated heterocycles. The predicted molar refractivity (Wildman–Crippen MR) is 124 cm³/mol. The number of nitrogens with one attached hydrogen (secondary N) is 1. The Hall–Kier alpha value is -3.90. The number of carbonyl (C=O) groups is 2. The van der Waals surface area contributed by atoms with Crippen LogP contribution in [-0.4, -0.2) is 43.3 Å². The molecule has 0 unspecified atom stereocenters. The number of pyridine rings is 1. The van der Waals surface area contributed by atoms with Crippen LogP contribution in [0.5, 0.6) is 0 Å². The first kappa shape index (κ1) is 25.2. The molecule has 0 aliphatic rings. The third-order valence-electron chi connectivity index (χ3n) is 5.06. The summed E-state index contributed by atoms with van der Waals surface area (Å²) in [4.78, 5) is 32.3. The fourth-order valence-electron chi connectivity index (χ4n) is 3.33. The highest BCUT2D eigenvalue weighted by molar-refractivity contribution is 6.34. The smallest absolute Gasteiger partial charge is 0.435 e. The van der Waals surface area contributed by atoms with Gasteiger partial charge in [-0.3, -0.25) is 4.79 Å². The molecule has 36 heavy (non-hydrogen) atoms. The van der Waals surface area contributed by atoms with Crippen LogP contribution in [0.2, 0.25) is 10.2 Å². The van der Waals surface area contributed by atoms with Gasteiger partial charge in [0.1, 0.15) is 5.15 Å². The topological polar surface area (TPSA) is 104 Å². The van der Waals surface area contributed by atoms with E-state index >= 15 is 0 Å². The van der Waals surface area contributed by atoms with Crippen molar-refractivity contribution in [1.29, 1.82) is 0 Å². The van der Waals surface area contributed by atoms with Gasteiger partial charge in [0.25, 0.3) is 5.91 Å². The summed E-state index contributed by atoms with van der Waals surface area (Å²) in [5.41, 5.74) is -0.872. The zero-order valence-electron chi connectivity index (χ0n) is 18.5. The zero-order valence-corrected chi connectivity index (χ0v) is 20.0. The Balaban J connectivity index is 1.67. The standard InChI is InChI=1S/C22H15Cl2F3N6O3/c1-32-16(14-10-33(31-18(14)22(25,26)27)12-4-6-17(24)28-8-12)9-29-19(32)20(34)30-11-3-5-13(15(23)7-11)21(35)36-2/h3-10H,1-2H3,(H,30,34). The van der Waals surface area contributed by atoms with Crippen molar-refractivity contribution in [1.82, 2.24) is 24.3 Å². The quantitative estimate of drug-likeness (QED) is 0.282. The number of halogens is 5. The van der Waals surface area contributed by atoms with Gasteiger partial charge in [0.15, 0.2) is 11.5 Å². The predicted octanol–water partition coefficient (Wildman–Crippen LogP) is 5.03. The molecule has 0 radical (unpaired) electrons. The number of rotatable bonds is 5. The second-order valence-electron chi connectivity index (χ2n) is 7.34. The maximum atomic E-state index is 13.8. The van der Waals surface area contributed by atoms with Crippen molar-refractivity contribution in [2.75, 3.05) is 12.4 Å². The lowest BCUT2D eigenvalue weighted by molar-refractivity contribution is -0.140. The molecule has 1 aromatic carbocycles. The number of ether oxygens (including phenoxy) is 1. The van der Waals surface area contributed by atoms with Crippen molar-refractivity contribution in [3.63, 3.8) is 0 Å². The summed E-state index contributed by atoms with van der Waals surface area (Å²) in [5, 5.41) is 6.43. The van der Waals surface area contributed by atoms with Crippen LogP contribution in [0.3, 0.4) is 0 Å². The minimum absolute atomic E-state index is 0.000260. The molecule has 186 valence electrons. The summed E-state index contributed by atoms with van der Waals surface area (Å²) >= 11 is 11.8. The minimum atomic E-state index is -4.79. The molecule has 1 amide bonds. The Morgan fingerprint density at radius 2 is 1.83 bits per heavy atom. The highest BCUT2D eigenvalue weighted by atomic mass is 35.5. The van der Waals surface area contributed by atoms with Gasteiger partial charge in [-0.1, -0.05) is 23.2 Å². The molecule has 4 rings (SSSR count). The van der Waals surface area contributed by atoms with Gasteiger partial charge < -0.3 is 14.6 Å². The molecule has 0 aliphatic heterocycles. The van der Waals surface area contributed by atoms with E-state index in [1.54, 1.807) is 0 Å². The third kappa shape index (κ3) is 4.90. The number of nitrogens with zero attached hydrogens (tertiary/aromatic N) is 5. The maximum Gasteiger partial charge on any atom is 0.435 e. The number of alkyl halides is 3. The van der Waals surface area contributed by atoms with E-state index in [4.69, 9.17) is 23.2 Å². The molecule has 1 N–H and O–H groups in total. The van der Waals surface area contributed by atoms with Crippen LogP contribution in [0, 0.1) is 0 Å². The number of esters is 1. The summed E-state index contributed by atoms with van der Waals surface area (Å²) in [6, 6.07) is 7.00. The van der Waals surface area contributed by atoms with Crippen molar-refractivity contribution in [2.45, 2.75) is 6.18 Å². The Kier molecular flexibility index (Phi) is 6.74. The molecule has 0 atom stereocenters. The fourth-order valence-corrected chi connectivity index (χ4v) is 3.70. The Morgan fingerprint density at radius 1 is 1.08 bits per heavy atom. The molecular formula is C22H15Cl2F3N6O3. The first-order valence-electron chi connectivity index (χ1n) is 9.99. The van der Waals surface area contributed by atoms with E-state index in [2.05, 4.69) is 25.1 Å². The van der Waals surface area contributed by atoms with Gasteiger partial charge >= 0.3 is 12.1 Å².